The minimum Gasteiger partial charge on any atom is -0.350 e. The SMILES string of the molecule is C=C.C[C@@H](N)CC1OCCO1. The van der Waals surface area contributed by atoms with Crippen molar-refractivity contribution < 1.29 is 9.47 Å². The van der Waals surface area contributed by atoms with Gasteiger partial charge in [0.2, 0.25) is 0 Å². The van der Waals surface area contributed by atoms with Crippen molar-refractivity contribution in [1.82, 2.24) is 0 Å². The summed E-state index contributed by atoms with van der Waals surface area (Å²) in [6.07, 6.45) is 0.769. The van der Waals surface area contributed by atoms with Gasteiger partial charge in [0, 0.05) is 12.5 Å². The van der Waals surface area contributed by atoms with E-state index >= 15 is 0 Å². The zero-order valence-electron chi connectivity index (χ0n) is 7.08. The van der Waals surface area contributed by atoms with Gasteiger partial charge in [-0.15, -0.1) is 13.2 Å². The van der Waals surface area contributed by atoms with Crippen LogP contribution in [0.15, 0.2) is 13.2 Å². The van der Waals surface area contributed by atoms with Crippen molar-refractivity contribution in [3.05, 3.63) is 13.2 Å². The molecule has 1 saturated heterocycles. The van der Waals surface area contributed by atoms with E-state index in [1.165, 1.54) is 0 Å². The highest BCUT2D eigenvalue weighted by atomic mass is 16.7. The van der Waals surface area contributed by atoms with Crippen LogP contribution in [0.5, 0.6) is 0 Å². The Morgan fingerprint density at radius 1 is 1.45 bits per heavy atom. The standard InChI is InChI=1S/C6H13NO2.C2H4/c1-5(7)4-6-8-2-3-9-6;1-2/h5-6H,2-4,7H2,1H3;1-2H2/t5-;/m1./s1. The minimum atomic E-state index is -0.0370. The molecule has 0 aromatic carbocycles. The van der Waals surface area contributed by atoms with Gasteiger partial charge in [0.15, 0.2) is 6.29 Å². The molecule has 0 spiro atoms. The number of nitrogens with two attached hydrogens (primary N) is 1. The first-order valence-corrected chi connectivity index (χ1v) is 3.78. The smallest absolute Gasteiger partial charge is 0.159 e. The summed E-state index contributed by atoms with van der Waals surface area (Å²) < 4.78 is 10.3. The van der Waals surface area contributed by atoms with E-state index in [0.29, 0.717) is 0 Å². The second-order valence-corrected chi connectivity index (χ2v) is 2.38. The van der Waals surface area contributed by atoms with Crippen molar-refractivity contribution in [2.75, 3.05) is 13.2 Å². The molecule has 66 valence electrons. The zero-order chi connectivity index (χ0) is 8.69. The van der Waals surface area contributed by atoms with Gasteiger partial charge >= 0.3 is 0 Å². The predicted octanol–water partition coefficient (Wildman–Crippen LogP) is 0.899. The van der Waals surface area contributed by atoms with E-state index in [1.54, 1.807) is 0 Å². The molecule has 1 atom stereocenters. The second-order valence-electron chi connectivity index (χ2n) is 2.38. The minimum absolute atomic E-state index is 0.0370. The number of ether oxygens (including phenoxy) is 2. The normalized spacial score (nSPS) is 20.5. The van der Waals surface area contributed by atoms with E-state index < -0.39 is 0 Å². The maximum Gasteiger partial charge on any atom is 0.159 e. The summed E-state index contributed by atoms with van der Waals surface area (Å²) in [6, 6.07) is 0.174. The summed E-state index contributed by atoms with van der Waals surface area (Å²) in [6.45, 7) is 9.39. The molecule has 0 unspecified atom stereocenters. The third kappa shape index (κ3) is 4.95. The number of hydrogen-bond donors (Lipinski definition) is 1. The lowest BCUT2D eigenvalue weighted by Gasteiger charge is -2.10. The van der Waals surface area contributed by atoms with Gasteiger partial charge in [-0.05, 0) is 6.92 Å². The Kier molecular flexibility index (Phi) is 6.12. The Hall–Kier alpha value is -0.380. The first-order chi connectivity index (χ1) is 5.29. The molecule has 0 amide bonds. The highest BCUT2D eigenvalue weighted by Gasteiger charge is 2.16. The van der Waals surface area contributed by atoms with Crippen LogP contribution in [0.3, 0.4) is 0 Å². The molecule has 1 heterocycles. The summed E-state index contributed by atoms with van der Waals surface area (Å²) in [5.41, 5.74) is 5.51. The lowest BCUT2D eigenvalue weighted by Crippen LogP contribution is -2.23. The van der Waals surface area contributed by atoms with Crippen LogP contribution in [-0.2, 0) is 9.47 Å². The zero-order valence-corrected chi connectivity index (χ0v) is 7.08. The van der Waals surface area contributed by atoms with Crippen LogP contribution < -0.4 is 5.73 Å². The summed E-state index contributed by atoms with van der Waals surface area (Å²) in [5, 5.41) is 0. The van der Waals surface area contributed by atoms with Gasteiger partial charge in [-0.2, -0.15) is 0 Å². The molecule has 1 fully saturated rings. The molecule has 0 bridgehead atoms. The molecule has 1 aliphatic heterocycles. The van der Waals surface area contributed by atoms with Crippen LogP contribution in [0.25, 0.3) is 0 Å². The van der Waals surface area contributed by atoms with Gasteiger partial charge in [0.05, 0.1) is 13.2 Å². The third-order valence-electron chi connectivity index (χ3n) is 1.26. The molecule has 2 N–H and O–H groups in total. The van der Waals surface area contributed by atoms with Crippen LogP contribution in [0.4, 0.5) is 0 Å². The van der Waals surface area contributed by atoms with Crippen molar-refractivity contribution in [1.29, 1.82) is 0 Å². The largest absolute Gasteiger partial charge is 0.350 e. The van der Waals surface area contributed by atoms with Gasteiger partial charge in [0.25, 0.3) is 0 Å². The Morgan fingerprint density at radius 2 is 1.91 bits per heavy atom. The molecule has 3 nitrogen and oxygen atoms in total. The van der Waals surface area contributed by atoms with Gasteiger partial charge in [-0.25, -0.2) is 0 Å². The molecular formula is C8H17NO2. The van der Waals surface area contributed by atoms with E-state index in [1.807, 2.05) is 6.92 Å². The Bertz CT molecular complexity index is 90.1. The fourth-order valence-electron chi connectivity index (χ4n) is 0.847. The number of hydrogen-bond acceptors (Lipinski definition) is 3. The molecule has 0 aromatic rings. The van der Waals surface area contributed by atoms with Gasteiger partial charge in [0.1, 0.15) is 0 Å². The lowest BCUT2D eigenvalue weighted by molar-refractivity contribution is -0.0495. The summed E-state index contributed by atoms with van der Waals surface area (Å²) in [4.78, 5) is 0. The van der Waals surface area contributed by atoms with E-state index in [9.17, 15) is 0 Å². The maximum absolute atomic E-state index is 5.51. The molecule has 0 aliphatic carbocycles. The molecule has 0 radical (unpaired) electrons. The average molecular weight is 159 g/mol. The first kappa shape index (κ1) is 10.6. The fourth-order valence-corrected chi connectivity index (χ4v) is 0.847. The van der Waals surface area contributed by atoms with E-state index in [2.05, 4.69) is 13.2 Å². The molecule has 11 heavy (non-hydrogen) atoms. The summed E-state index contributed by atoms with van der Waals surface area (Å²) in [5.74, 6) is 0. The average Bonchev–Trinajstić information content (AvgIpc) is 2.43. The Balaban J connectivity index is 0.000000461. The Labute approximate surface area is 68.2 Å². The maximum atomic E-state index is 5.51. The van der Waals surface area contributed by atoms with Crippen molar-refractivity contribution in [2.45, 2.75) is 25.7 Å². The van der Waals surface area contributed by atoms with Crippen molar-refractivity contribution in [3.8, 4) is 0 Å². The van der Waals surface area contributed by atoms with Crippen molar-refractivity contribution >= 4 is 0 Å². The lowest BCUT2D eigenvalue weighted by atomic mass is 10.2. The molecular weight excluding hydrogens is 142 g/mol. The fraction of sp³-hybridized carbons (Fsp3) is 0.750. The van der Waals surface area contributed by atoms with Crippen LogP contribution in [0, 0.1) is 0 Å². The molecule has 3 heteroatoms. The Morgan fingerprint density at radius 3 is 2.27 bits per heavy atom. The van der Waals surface area contributed by atoms with E-state index in [-0.39, 0.29) is 12.3 Å². The summed E-state index contributed by atoms with van der Waals surface area (Å²) in [7, 11) is 0. The molecule has 0 aromatic heterocycles. The highest BCUT2D eigenvalue weighted by molar-refractivity contribution is 4.59. The van der Waals surface area contributed by atoms with Gasteiger partial charge in [-0.3, -0.25) is 0 Å². The molecule has 0 saturated carbocycles. The molecule has 1 rings (SSSR count). The number of rotatable bonds is 2. The monoisotopic (exact) mass is 159 g/mol. The van der Waals surface area contributed by atoms with Crippen molar-refractivity contribution in [3.63, 3.8) is 0 Å². The van der Waals surface area contributed by atoms with E-state index in [4.69, 9.17) is 15.2 Å². The first-order valence-electron chi connectivity index (χ1n) is 3.78. The van der Waals surface area contributed by atoms with Crippen LogP contribution in [0.2, 0.25) is 0 Å². The second kappa shape index (κ2) is 6.34. The molecule has 1 aliphatic rings. The topological polar surface area (TPSA) is 44.5 Å². The van der Waals surface area contributed by atoms with Crippen LogP contribution in [0.1, 0.15) is 13.3 Å². The summed E-state index contributed by atoms with van der Waals surface area (Å²) >= 11 is 0. The van der Waals surface area contributed by atoms with Crippen molar-refractivity contribution in [2.24, 2.45) is 5.73 Å². The highest BCUT2D eigenvalue weighted by Crippen LogP contribution is 2.08. The van der Waals surface area contributed by atoms with Gasteiger partial charge in [-0.1, -0.05) is 0 Å². The van der Waals surface area contributed by atoms with Crippen LogP contribution >= 0.6 is 0 Å². The predicted molar refractivity (Wildman–Crippen MR) is 45.2 cm³/mol. The van der Waals surface area contributed by atoms with E-state index in [0.717, 1.165) is 19.6 Å². The van der Waals surface area contributed by atoms with Crippen LogP contribution in [-0.4, -0.2) is 25.5 Å². The third-order valence-corrected chi connectivity index (χ3v) is 1.26. The van der Waals surface area contributed by atoms with Gasteiger partial charge < -0.3 is 15.2 Å². The quantitative estimate of drug-likeness (QED) is 0.609.